The summed E-state index contributed by atoms with van der Waals surface area (Å²) in [6, 6.07) is 0.357. The summed E-state index contributed by atoms with van der Waals surface area (Å²) in [6.45, 7) is 2.63. The summed E-state index contributed by atoms with van der Waals surface area (Å²) < 4.78 is 0. The summed E-state index contributed by atoms with van der Waals surface area (Å²) >= 11 is 0. The highest BCUT2D eigenvalue weighted by atomic mass is 16.4. The van der Waals surface area contributed by atoms with E-state index in [4.69, 9.17) is 11.5 Å². The molecule has 0 bridgehead atoms. The molecule has 13 heteroatoms. The highest BCUT2D eigenvalue weighted by Crippen LogP contribution is 2.12. The molecular weight excluding hydrogens is 438 g/mol. The predicted molar refractivity (Wildman–Crippen MR) is 114 cm³/mol. The Morgan fingerprint density at radius 2 is 1.45 bits per heavy atom. The summed E-state index contributed by atoms with van der Waals surface area (Å²) in [7, 11) is 0. The van der Waals surface area contributed by atoms with E-state index < -0.39 is 66.3 Å². The van der Waals surface area contributed by atoms with E-state index in [0.29, 0.717) is 5.56 Å². The van der Waals surface area contributed by atoms with Gasteiger partial charge in [-0.05, 0) is 31.5 Å². The molecule has 0 aliphatic rings. The van der Waals surface area contributed by atoms with Gasteiger partial charge in [0.25, 0.3) is 0 Å². The number of carboxylic acids is 1. The van der Waals surface area contributed by atoms with Gasteiger partial charge < -0.3 is 42.7 Å². The van der Waals surface area contributed by atoms with Crippen molar-refractivity contribution < 1.29 is 39.3 Å². The second-order valence-electron chi connectivity index (χ2n) is 7.50. The van der Waals surface area contributed by atoms with E-state index in [1.807, 2.05) is 0 Å². The molecule has 5 unspecified atom stereocenters. The molecule has 1 aromatic rings. The highest BCUT2D eigenvalue weighted by molar-refractivity contribution is 5.94. The number of aliphatic carboxylic acids is 1. The molecule has 0 aliphatic heterocycles. The van der Waals surface area contributed by atoms with Gasteiger partial charge in [0.05, 0.1) is 12.5 Å². The molecule has 0 radical (unpaired) electrons. The zero-order valence-corrected chi connectivity index (χ0v) is 18.1. The van der Waals surface area contributed by atoms with E-state index in [1.165, 1.54) is 38.1 Å². The lowest BCUT2D eigenvalue weighted by Crippen LogP contribution is -2.58. The number of aliphatic hydroxyl groups excluding tert-OH is 1. The van der Waals surface area contributed by atoms with Crippen molar-refractivity contribution in [3.63, 3.8) is 0 Å². The third-order valence-electron chi connectivity index (χ3n) is 4.60. The van der Waals surface area contributed by atoms with Crippen molar-refractivity contribution >= 4 is 29.6 Å². The van der Waals surface area contributed by atoms with Gasteiger partial charge in [0, 0.05) is 6.42 Å². The second kappa shape index (κ2) is 12.4. The molecule has 13 nitrogen and oxygen atoms in total. The minimum Gasteiger partial charge on any atom is -0.508 e. The van der Waals surface area contributed by atoms with Crippen LogP contribution in [0.1, 0.15) is 25.8 Å². The van der Waals surface area contributed by atoms with Crippen LogP contribution < -0.4 is 27.4 Å². The van der Waals surface area contributed by atoms with E-state index in [1.54, 1.807) is 0 Å². The molecule has 0 saturated carbocycles. The smallest absolute Gasteiger partial charge is 0.326 e. The van der Waals surface area contributed by atoms with Crippen LogP contribution in [0, 0.1) is 0 Å². The van der Waals surface area contributed by atoms with Gasteiger partial charge in [-0.15, -0.1) is 0 Å². The van der Waals surface area contributed by atoms with Crippen molar-refractivity contribution in [1.82, 2.24) is 16.0 Å². The molecule has 4 amide bonds. The molecule has 10 N–H and O–H groups in total. The number of nitrogens with two attached hydrogens (primary N) is 2. The number of hydrogen-bond donors (Lipinski definition) is 8. The normalized spacial score (nSPS) is 15.3. The molecule has 33 heavy (non-hydrogen) atoms. The fraction of sp³-hybridized carbons (Fsp3) is 0.450. The standard InChI is InChI=1S/C20H29N5O8/c1-9(23-19(31)16(22)10(2)26)17(29)24-13(7-11-3-5-12(27)6-4-11)18(30)25-14(20(32)33)8-15(21)28/h3-6,9-10,13-14,16,26-27H,7-8,22H2,1-2H3,(H2,21,28)(H,23,31)(H,24,29)(H,25,30)(H,32,33). The van der Waals surface area contributed by atoms with Crippen LogP contribution in [0.2, 0.25) is 0 Å². The summed E-state index contributed by atoms with van der Waals surface area (Å²) in [5.41, 5.74) is 11.1. The van der Waals surface area contributed by atoms with Crippen LogP contribution in [0.15, 0.2) is 24.3 Å². The Morgan fingerprint density at radius 1 is 0.909 bits per heavy atom. The van der Waals surface area contributed by atoms with Gasteiger partial charge in [-0.1, -0.05) is 12.1 Å². The number of amides is 4. The van der Waals surface area contributed by atoms with Gasteiger partial charge in [-0.2, -0.15) is 0 Å². The fourth-order valence-corrected chi connectivity index (χ4v) is 2.64. The van der Waals surface area contributed by atoms with Crippen LogP contribution >= 0.6 is 0 Å². The van der Waals surface area contributed by atoms with Crippen LogP contribution in [0.3, 0.4) is 0 Å². The molecule has 1 aromatic carbocycles. The van der Waals surface area contributed by atoms with Crippen LogP contribution in [0.5, 0.6) is 5.75 Å². The van der Waals surface area contributed by atoms with E-state index in [9.17, 15) is 39.3 Å². The second-order valence-corrected chi connectivity index (χ2v) is 7.50. The maximum atomic E-state index is 12.8. The Balaban J connectivity index is 3.01. The quantitative estimate of drug-likeness (QED) is 0.157. The van der Waals surface area contributed by atoms with E-state index in [2.05, 4.69) is 16.0 Å². The van der Waals surface area contributed by atoms with Crippen molar-refractivity contribution in [3.8, 4) is 5.75 Å². The van der Waals surface area contributed by atoms with Crippen molar-refractivity contribution in [1.29, 1.82) is 0 Å². The van der Waals surface area contributed by atoms with Gasteiger partial charge >= 0.3 is 5.97 Å². The predicted octanol–water partition coefficient (Wildman–Crippen LogP) is -2.92. The largest absolute Gasteiger partial charge is 0.508 e. The first-order chi connectivity index (χ1) is 15.3. The van der Waals surface area contributed by atoms with Gasteiger partial charge in [0.1, 0.15) is 29.9 Å². The molecule has 0 heterocycles. The summed E-state index contributed by atoms with van der Waals surface area (Å²) in [5, 5.41) is 34.9. The molecule has 0 aliphatic carbocycles. The van der Waals surface area contributed by atoms with Crippen LogP contribution in [0.4, 0.5) is 0 Å². The Labute approximate surface area is 189 Å². The molecule has 182 valence electrons. The summed E-state index contributed by atoms with van der Waals surface area (Å²) in [6.07, 6.45) is -1.93. The van der Waals surface area contributed by atoms with E-state index in [0.717, 1.165) is 0 Å². The van der Waals surface area contributed by atoms with Gasteiger partial charge in [-0.3, -0.25) is 19.2 Å². The molecule has 0 spiro atoms. The number of benzene rings is 1. The average molecular weight is 467 g/mol. The van der Waals surface area contributed by atoms with Gasteiger partial charge in [0.2, 0.25) is 23.6 Å². The fourth-order valence-electron chi connectivity index (χ4n) is 2.64. The number of nitrogens with one attached hydrogen (secondary N) is 3. The number of carbonyl (C=O) groups is 5. The minimum atomic E-state index is -1.62. The molecule has 5 atom stereocenters. The van der Waals surface area contributed by atoms with Crippen LogP contribution in [-0.2, 0) is 30.4 Å². The van der Waals surface area contributed by atoms with Crippen molar-refractivity contribution in [2.24, 2.45) is 11.5 Å². The molecule has 0 aromatic heterocycles. The van der Waals surface area contributed by atoms with Crippen LogP contribution in [0.25, 0.3) is 0 Å². The molecule has 0 fully saturated rings. The number of hydrogen-bond acceptors (Lipinski definition) is 8. The molecule has 1 rings (SSSR count). The Kier molecular flexibility index (Phi) is 10.2. The molecular formula is C20H29N5O8. The number of phenolic OH excluding ortho intramolecular Hbond substituents is 1. The summed E-state index contributed by atoms with van der Waals surface area (Å²) in [4.78, 5) is 59.8. The van der Waals surface area contributed by atoms with Gasteiger partial charge in [0.15, 0.2) is 0 Å². The first-order valence-corrected chi connectivity index (χ1v) is 9.95. The number of carboxylic acid groups (broad SMARTS) is 1. The third-order valence-corrected chi connectivity index (χ3v) is 4.60. The lowest BCUT2D eigenvalue weighted by Gasteiger charge is -2.24. The first kappa shape index (κ1) is 27.3. The van der Waals surface area contributed by atoms with Crippen molar-refractivity contribution in [2.45, 2.75) is 57.0 Å². The van der Waals surface area contributed by atoms with Crippen molar-refractivity contribution in [2.75, 3.05) is 0 Å². The number of rotatable bonds is 12. The van der Waals surface area contributed by atoms with E-state index >= 15 is 0 Å². The topological polar surface area (TPSA) is 234 Å². The Bertz CT molecular complexity index is 874. The number of phenols is 1. The van der Waals surface area contributed by atoms with Crippen LogP contribution in [-0.4, -0.2) is 75.2 Å². The number of aromatic hydroxyl groups is 1. The number of primary amides is 1. The first-order valence-electron chi connectivity index (χ1n) is 9.95. The highest BCUT2D eigenvalue weighted by Gasteiger charge is 2.30. The zero-order valence-electron chi connectivity index (χ0n) is 18.1. The van der Waals surface area contributed by atoms with Gasteiger partial charge in [-0.25, -0.2) is 4.79 Å². The SMILES string of the molecule is CC(NC(=O)C(N)C(C)O)C(=O)NC(Cc1ccc(O)cc1)C(=O)NC(CC(N)=O)C(=O)O. The Morgan fingerprint density at radius 3 is 1.94 bits per heavy atom. The zero-order chi connectivity index (χ0) is 25.3. The lowest BCUT2D eigenvalue weighted by atomic mass is 10.0. The monoisotopic (exact) mass is 467 g/mol. The van der Waals surface area contributed by atoms with E-state index in [-0.39, 0.29) is 12.2 Å². The lowest BCUT2D eigenvalue weighted by molar-refractivity contribution is -0.143. The maximum absolute atomic E-state index is 12.8. The summed E-state index contributed by atoms with van der Waals surface area (Å²) in [5.74, 6) is -4.97. The van der Waals surface area contributed by atoms with Crippen molar-refractivity contribution in [3.05, 3.63) is 29.8 Å². The Hall–Kier alpha value is -3.71. The average Bonchev–Trinajstić information content (AvgIpc) is 2.72. The molecule has 0 saturated heterocycles. The number of carbonyl (C=O) groups excluding carboxylic acids is 4. The number of aliphatic hydroxyl groups is 1. The third kappa shape index (κ3) is 9.13. The maximum Gasteiger partial charge on any atom is 0.326 e. The minimum absolute atomic E-state index is 0.0260.